The molecule has 7 nitrogen and oxygen atoms in total. The summed E-state index contributed by atoms with van der Waals surface area (Å²) in [6, 6.07) is 3.35. The van der Waals surface area contributed by atoms with E-state index in [1.54, 1.807) is 18.5 Å². The number of nitrogens with zero attached hydrogens (tertiary/aromatic N) is 5. The monoisotopic (exact) mass is 581 g/mol. The number of likely N-dealkylation sites (tertiary alicyclic amines) is 1. The largest absolute Gasteiger partial charge is 0.447 e. The molecule has 1 aromatic carbocycles. The molecule has 40 heavy (non-hydrogen) atoms. The highest BCUT2D eigenvalue weighted by atomic mass is 35.5. The Labute approximate surface area is 239 Å². The number of ether oxygens (including phenoxy) is 1. The maximum atomic E-state index is 13.6. The fraction of sp³-hybridized carbons (Fsp3) is 0.621. The third kappa shape index (κ3) is 7.11. The van der Waals surface area contributed by atoms with E-state index < -0.39 is 11.7 Å². The maximum Gasteiger partial charge on any atom is 0.416 e. The SMILES string of the molecule is CC[C@@H]1CC(N(Cc2cc(Cl)cc(C(F)(F)F)c2)c2ncc(N3CCCC3)cn2)C[C@H](CC)N1C(=O)OC(C)C. The molecule has 0 N–H and O–H groups in total. The number of amides is 1. The van der Waals surface area contributed by atoms with Crippen LogP contribution in [0.1, 0.15) is 77.3 Å². The van der Waals surface area contributed by atoms with Crippen LogP contribution < -0.4 is 9.80 Å². The van der Waals surface area contributed by atoms with Crippen molar-refractivity contribution in [2.45, 2.75) is 103 Å². The Morgan fingerprint density at radius 3 is 2.20 bits per heavy atom. The van der Waals surface area contributed by atoms with Crippen LogP contribution in [0.15, 0.2) is 30.6 Å². The first-order chi connectivity index (χ1) is 19.0. The third-order valence-corrected chi connectivity index (χ3v) is 8.01. The second-order valence-electron chi connectivity index (χ2n) is 11.0. The Morgan fingerprint density at radius 1 is 1.07 bits per heavy atom. The van der Waals surface area contributed by atoms with E-state index in [1.807, 2.05) is 37.5 Å². The van der Waals surface area contributed by atoms with Gasteiger partial charge in [-0.25, -0.2) is 14.8 Å². The van der Waals surface area contributed by atoms with Crippen molar-refractivity contribution in [1.29, 1.82) is 0 Å². The molecule has 0 saturated carbocycles. The minimum Gasteiger partial charge on any atom is -0.447 e. The molecule has 0 aliphatic carbocycles. The molecule has 2 aliphatic rings. The topological polar surface area (TPSA) is 61.8 Å². The Hall–Kier alpha value is -2.75. The standard InChI is InChI=1S/C29H39ClF3N5O2/c1-5-23-14-25(15-24(6-2)38(23)28(39)40-19(3)4)37(18-20-11-21(29(31,32)33)13-22(30)12-20)27-34-16-26(17-35-27)36-9-7-8-10-36/h11-13,16-17,19,23-25H,5-10,14-15,18H2,1-4H3/t23-,24+,25?. The number of carbonyl (C=O) groups is 1. The number of carbonyl (C=O) groups excluding carboxylic acids is 1. The summed E-state index contributed by atoms with van der Waals surface area (Å²) in [5.41, 5.74) is 0.576. The molecule has 3 atom stereocenters. The van der Waals surface area contributed by atoms with Gasteiger partial charge in [-0.2, -0.15) is 13.2 Å². The van der Waals surface area contributed by atoms with Gasteiger partial charge in [0.2, 0.25) is 5.95 Å². The van der Waals surface area contributed by atoms with E-state index in [1.165, 1.54) is 0 Å². The first-order valence-corrected chi connectivity index (χ1v) is 14.6. The molecule has 1 unspecified atom stereocenters. The van der Waals surface area contributed by atoms with Crippen molar-refractivity contribution in [1.82, 2.24) is 14.9 Å². The number of benzene rings is 1. The van der Waals surface area contributed by atoms with E-state index >= 15 is 0 Å². The average Bonchev–Trinajstić information content (AvgIpc) is 3.45. The van der Waals surface area contributed by atoms with E-state index in [2.05, 4.69) is 4.90 Å². The van der Waals surface area contributed by atoms with Crippen LogP contribution in [0.4, 0.5) is 29.6 Å². The fourth-order valence-electron chi connectivity index (χ4n) is 5.86. The second-order valence-corrected chi connectivity index (χ2v) is 11.4. The zero-order chi connectivity index (χ0) is 29.0. The van der Waals surface area contributed by atoms with Gasteiger partial charge >= 0.3 is 12.3 Å². The van der Waals surface area contributed by atoms with Gasteiger partial charge < -0.3 is 19.4 Å². The van der Waals surface area contributed by atoms with Crippen LogP contribution in [-0.4, -0.2) is 58.3 Å². The zero-order valence-electron chi connectivity index (χ0n) is 23.6. The molecule has 0 radical (unpaired) electrons. The number of alkyl halides is 3. The van der Waals surface area contributed by atoms with Crippen LogP contribution in [0.2, 0.25) is 5.02 Å². The maximum absolute atomic E-state index is 13.6. The lowest BCUT2D eigenvalue weighted by molar-refractivity contribution is -0.137. The molecule has 220 valence electrons. The smallest absolute Gasteiger partial charge is 0.416 e. The van der Waals surface area contributed by atoms with Gasteiger partial charge in [0.15, 0.2) is 0 Å². The molecule has 3 heterocycles. The van der Waals surface area contributed by atoms with Crippen molar-refractivity contribution in [3.05, 3.63) is 46.7 Å². The summed E-state index contributed by atoms with van der Waals surface area (Å²) in [6.07, 6.45) is 3.44. The third-order valence-electron chi connectivity index (χ3n) is 7.80. The summed E-state index contributed by atoms with van der Waals surface area (Å²) in [7, 11) is 0. The van der Waals surface area contributed by atoms with Gasteiger partial charge in [0.05, 0.1) is 29.7 Å². The zero-order valence-corrected chi connectivity index (χ0v) is 24.4. The number of rotatable bonds is 8. The summed E-state index contributed by atoms with van der Waals surface area (Å²) >= 11 is 6.14. The normalized spacial score (nSPS) is 21.7. The van der Waals surface area contributed by atoms with Crippen LogP contribution in [-0.2, 0) is 17.5 Å². The molecular formula is C29H39ClF3N5O2. The predicted octanol–water partition coefficient (Wildman–Crippen LogP) is 7.32. The molecule has 1 amide bonds. The highest BCUT2D eigenvalue weighted by Gasteiger charge is 2.41. The van der Waals surface area contributed by atoms with E-state index in [4.69, 9.17) is 26.3 Å². The summed E-state index contributed by atoms with van der Waals surface area (Å²) in [5, 5.41) is 0.0270. The van der Waals surface area contributed by atoms with Gasteiger partial charge in [-0.05, 0) is 76.1 Å². The first kappa shape index (κ1) is 30.2. The number of hydrogen-bond acceptors (Lipinski definition) is 6. The Balaban J connectivity index is 1.68. The average molecular weight is 582 g/mol. The van der Waals surface area contributed by atoms with Crippen molar-refractivity contribution in [2.24, 2.45) is 0 Å². The lowest BCUT2D eigenvalue weighted by Crippen LogP contribution is -2.57. The molecule has 2 aliphatic heterocycles. The van der Waals surface area contributed by atoms with Gasteiger partial charge in [-0.3, -0.25) is 0 Å². The minimum absolute atomic E-state index is 0.0270. The number of piperidine rings is 1. The highest BCUT2D eigenvalue weighted by molar-refractivity contribution is 6.30. The van der Waals surface area contributed by atoms with Gasteiger partial charge in [0.25, 0.3) is 0 Å². The molecule has 2 aromatic rings. The Morgan fingerprint density at radius 2 is 1.68 bits per heavy atom. The predicted molar refractivity (Wildman–Crippen MR) is 151 cm³/mol. The molecule has 4 rings (SSSR count). The summed E-state index contributed by atoms with van der Waals surface area (Å²) in [4.78, 5) is 28.5. The highest BCUT2D eigenvalue weighted by Crippen LogP contribution is 2.36. The molecule has 2 saturated heterocycles. The molecule has 2 fully saturated rings. The Kier molecular flexibility index (Phi) is 9.69. The lowest BCUT2D eigenvalue weighted by atomic mass is 9.87. The van der Waals surface area contributed by atoms with E-state index in [9.17, 15) is 18.0 Å². The van der Waals surface area contributed by atoms with Crippen molar-refractivity contribution in [2.75, 3.05) is 22.9 Å². The number of anilines is 2. The molecular weight excluding hydrogens is 543 g/mol. The Bertz CT molecular complexity index is 1130. The summed E-state index contributed by atoms with van der Waals surface area (Å²) in [6.45, 7) is 9.80. The van der Waals surface area contributed by atoms with Gasteiger partial charge in [-0.1, -0.05) is 25.4 Å². The fourth-order valence-corrected chi connectivity index (χ4v) is 6.12. The van der Waals surface area contributed by atoms with Crippen molar-refractivity contribution >= 4 is 29.3 Å². The van der Waals surface area contributed by atoms with Crippen molar-refractivity contribution in [3.8, 4) is 0 Å². The van der Waals surface area contributed by atoms with Crippen LogP contribution in [0, 0.1) is 0 Å². The lowest BCUT2D eigenvalue weighted by Gasteiger charge is -2.47. The number of aromatic nitrogens is 2. The van der Waals surface area contributed by atoms with Crippen molar-refractivity contribution in [3.63, 3.8) is 0 Å². The van der Waals surface area contributed by atoms with Gasteiger partial charge in [-0.15, -0.1) is 0 Å². The molecule has 0 bridgehead atoms. The van der Waals surface area contributed by atoms with Gasteiger partial charge in [0, 0.05) is 42.8 Å². The first-order valence-electron chi connectivity index (χ1n) is 14.2. The van der Waals surface area contributed by atoms with E-state index in [0.29, 0.717) is 24.4 Å². The molecule has 1 aromatic heterocycles. The molecule has 11 heteroatoms. The van der Waals surface area contributed by atoms with Crippen LogP contribution in [0.25, 0.3) is 0 Å². The summed E-state index contributed by atoms with van der Waals surface area (Å²) < 4.78 is 46.4. The quantitative estimate of drug-likeness (QED) is 0.325. The summed E-state index contributed by atoms with van der Waals surface area (Å²) in [5.74, 6) is 0.449. The van der Waals surface area contributed by atoms with Crippen LogP contribution in [0.3, 0.4) is 0 Å². The molecule has 0 spiro atoms. The number of hydrogen-bond donors (Lipinski definition) is 0. The minimum atomic E-state index is -4.51. The van der Waals surface area contributed by atoms with Crippen LogP contribution >= 0.6 is 11.6 Å². The van der Waals surface area contributed by atoms with Gasteiger partial charge in [0.1, 0.15) is 0 Å². The van der Waals surface area contributed by atoms with Crippen LogP contribution in [0.5, 0.6) is 0 Å². The second kappa shape index (κ2) is 12.8. The number of halogens is 4. The van der Waals surface area contributed by atoms with Crippen molar-refractivity contribution < 1.29 is 22.7 Å². The van der Waals surface area contributed by atoms with E-state index in [0.717, 1.165) is 56.6 Å². The van der Waals surface area contributed by atoms with E-state index in [-0.39, 0.29) is 41.9 Å².